The van der Waals surface area contributed by atoms with Crippen LogP contribution >= 0.6 is 0 Å². The molecule has 0 aliphatic heterocycles. The lowest BCUT2D eigenvalue weighted by atomic mass is 10.1. The molecule has 4 aromatic rings. The molecule has 0 fully saturated rings. The highest BCUT2D eigenvalue weighted by molar-refractivity contribution is 5.78. The van der Waals surface area contributed by atoms with Crippen LogP contribution in [0.1, 0.15) is 11.5 Å². The fraction of sp³-hybridized carbons (Fsp3) is 0.100. The Balaban J connectivity index is 1.40. The molecule has 4 rings (SSSR count). The number of nitrogens with zero attached hydrogens (tertiary/aromatic N) is 3. The summed E-state index contributed by atoms with van der Waals surface area (Å²) in [7, 11) is 0. The standard InChI is InChI=1S/C20H17N5O2/c26-18(11-14-5-2-1-3-6-14)21-13-19-23-20(25-27-19)16-8-4-7-15(12-16)17-9-10-22-24-17/h1-10,12H,11,13H2,(H,21,26)(H,22,24). The molecule has 0 bridgehead atoms. The average Bonchev–Trinajstić information content (AvgIpc) is 3.40. The van der Waals surface area contributed by atoms with Crippen LogP contribution in [0.4, 0.5) is 0 Å². The van der Waals surface area contributed by atoms with Crippen LogP contribution in [0.2, 0.25) is 0 Å². The largest absolute Gasteiger partial charge is 0.347 e. The van der Waals surface area contributed by atoms with Gasteiger partial charge >= 0.3 is 0 Å². The number of hydrogen-bond acceptors (Lipinski definition) is 5. The highest BCUT2D eigenvalue weighted by Crippen LogP contribution is 2.23. The van der Waals surface area contributed by atoms with E-state index in [1.807, 2.05) is 60.7 Å². The summed E-state index contributed by atoms with van der Waals surface area (Å²) < 4.78 is 5.25. The van der Waals surface area contributed by atoms with Gasteiger partial charge in [-0.2, -0.15) is 10.1 Å². The molecule has 0 aliphatic rings. The molecule has 0 saturated heterocycles. The molecule has 0 atom stereocenters. The van der Waals surface area contributed by atoms with Gasteiger partial charge in [-0.1, -0.05) is 53.7 Å². The number of aromatic amines is 1. The van der Waals surface area contributed by atoms with Gasteiger partial charge in [0.1, 0.15) is 0 Å². The molecule has 2 heterocycles. The van der Waals surface area contributed by atoms with Crippen LogP contribution in [0.5, 0.6) is 0 Å². The number of benzene rings is 2. The summed E-state index contributed by atoms with van der Waals surface area (Å²) in [6.45, 7) is 0.193. The average molecular weight is 359 g/mol. The number of aromatic nitrogens is 4. The van der Waals surface area contributed by atoms with E-state index < -0.39 is 0 Å². The monoisotopic (exact) mass is 359 g/mol. The maximum Gasteiger partial charge on any atom is 0.246 e. The molecular weight excluding hydrogens is 342 g/mol. The van der Waals surface area contributed by atoms with Gasteiger partial charge in [-0.05, 0) is 17.7 Å². The normalized spacial score (nSPS) is 10.7. The van der Waals surface area contributed by atoms with E-state index in [0.29, 0.717) is 18.1 Å². The molecule has 0 radical (unpaired) electrons. The van der Waals surface area contributed by atoms with Gasteiger partial charge in [-0.25, -0.2) is 0 Å². The zero-order valence-electron chi connectivity index (χ0n) is 14.4. The Bertz CT molecular complexity index is 1030. The molecule has 0 spiro atoms. The van der Waals surface area contributed by atoms with Gasteiger partial charge in [0.05, 0.1) is 18.7 Å². The molecule has 2 N–H and O–H groups in total. The number of rotatable bonds is 6. The Kier molecular flexibility index (Phi) is 4.74. The van der Waals surface area contributed by atoms with Crippen molar-refractivity contribution in [2.75, 3.05) is 0 Å². The minimum absolute atomic E-state index is 0.0952. The Labute approximate surface area is 155 Å². The van der Waals surface area contributed by atoms with Crippen molar-refractivity contribution in [2.45, 2.75) is 13.0 Å². The SMILES string of the molecule is O=C(Cc1ccccc1)NCc1nc(-c2cccc(-c3ccn[nH]3)c2)no1. The van der Waals surface area contributed by atoms with Gasteiger partial charge in [-0.15, -0.1) is 0 Å². The Morgan fingerprint density at radius 3 is 2.70 bits per heavy atom. The highest BCUT2D eigenvalue weighted by atomic mass is 16.5. The van der Waals surface area contributed by atoms with Crippen molar-refractivity contribution in [3.8, 4) is 22.6 Å². The van der Waals surface area contributed by atoms with Crippen molar-refractivity contribution in [1.82, 2.24) is 25.7 Å². The lowest BCUT2D eigenvalue weighted by molar-refractivity contribution is -0.120. The molecule has 27 heavy (non-hydrogen) atoms. The van der Waals surface area contributed by atoms with E-state index in [0.717, 1.165) is 22.4 Å². The van der Waals surface area contributed by atoms with E-state index in [-0.39, 0.29) is 12.5 Å². The van der Waals surface area contributed by atoms with Crippen LogP contribution in [0.25, 0.3) is 22.6 Å². The smallest absolute Gasteiger partial charge is 0.246 e. The first kappa shape index (κ1) is 16.7. The number of nitrogens with one attached hydrogen (secondary N) is 2. The second-order valence-electron chi connectivity index (χ2n) is 6.00. The third-order valence-electron chi connectivity index (χ3n) is 4.04. The molecule has 0 saturated carbocycles. The number of hydrogen-bond donors (Lipinski definition) is 2. The zero-order chi connectivity index (χ0) is 18.5. The summed E-state index contributed by atoms with van der Waals surface area (Å²) in [5, 5.41) is 13.7. The van der Waals surface area contributed by atoms with E-state index in [1.54, 1.807) is 6.20 Å². The van der Waals surface area contributed by atoms with Crippen LogP contribution in [0.3, 0.4) is 0 Å². The third-order valence-corrected chi connectivity index (χ3v) is 4.04. The lowest BCUT2D eigenvalue weighted by Gasteiger charge is -2.02. The van der Waals surface area contributed by atoms with Crippen LogP contribution in [0.15, 0.2) is 71.4 Å². The summed E-state index contributed by atoms with van der Waals surface area (Å²) in [6.07, 6.45) is 2.01. The van der Waals surface area contributed by atoms with Crippen molar-refractivity contribution in [3.05, 3.63) is 78.3 Å². The highest BCUT2D eigenvalue weighted by Gasteiger charge is 2.11. The maximum absolute atomic E-state index is 12.0. The number of H-pyrrole nitrogens is 1. The van der Waals surface area contributed by atoms with Gasteiger partial charge in [0.25, 0.3) is 0 Å². The fourth-order valence-corrected chi connectivity index (χ4v) is 2.70. The van der Waals surface area contributed by atoms with Crippen molar-refractivity contribution in [2.24, 2.45) is 0 Å². The first-order chi connectivity index (χ1) is 13.3. The Hall–Kier alpha value is -3.74. The van der Waals surface area contributed by atoms with Crippen LogP contribution < -0.4 is 5.32 Å². The van der Waals surface area contributed by atoms with Gasteiger partial charge in [-0.3, -0.25) is 9.89 Å². The number of carbonyl (C=O) groups excluding carboxylic acids is 1. The minimum atomic E-state index is -0.0952. The summed E-state index contributed by atoms with van der Waals surface area (Å²) in [4.78, 5) is 16.4. The first-order valence-corrected chi connectivity index (χ1v) is 8.51. The Morgan fingerprint density at radius 1 is 1.04 bits per heavy atom. The van der Waals surface area contributed by atoms with Crippen molar-refractivity contribution >= 4 is 5.91 Å². The van der Waals surface area contributed by atoms with Gasteiger partial charge in [0, 0.05) is 17.3 Å². The quantitative estimate of drug-likeness (QED) is 0.552. The molecule has 7 heteroatoms. The molecule has 7 nitrogen and oxygen atoms in total. The second-order valence-corrected chi connectivity index (χ2v) is 6.00. The topological polar surface area (TPSA) is 96.7 Å². The molecule has 2 aromatic heterocycles. The zero-order valence-corrected chi connectivity index (χ0v) is 14.4. The van der Waals surface area contributed by atoms with Crippen molar-refractivity contribution in [3.63, 3.8) is 0 Å². The van der Waals surface area contributed by atoms with Gasteiger partial charge in [0.15, 0.2) is 0 Å². The second kappa shape index (κ2) is 7.65. The van der Waals surface area contributed by atoms with Crippen LogP contribution in [0, 0.1) is 0 Å². The summed E-state index contributed by atoms with van der Waals surface area (Å²) in [5.41, 5.74) is 3.67. The molecule has 1 amide bonds. The first-order valence-electron chi connectivity index (χ1n) is 8.51. The number of carbonyl (C=O) groups is 1. The molecule has 2 aromatic carbocycles. The summed E-state index contributed by atoms with van der Waals surface area (Å²) in [5.74, 6) is 0.740. The molecule has 0 aliphatic carbocycles. The predicted molar refractivity (Wildman–Crippen MR) is 99.3 cm³/mol. The van der Waals surface area contributed by atoms with E-state index >= 15 is 0 Å². The summed E-state index contributed by atoms with van der Waals surface area (Å²) in [6, 6.07) is 19.2. The predicted octanol–water partition coefficient (Wildman–Crippen LogP) is 2.99. The number of amides is 1. The Morgan fingerprint density at radius 2 is 1.89 bits per heavy atom. The van der Waals surface area contributed by atoms with Gasteiger partial charge < -0.3 is 9.84 Å². The van der Waals surface area contributed by atoms with Crippen molar-refractivity contribution in [1.29, 1.82) is 0 Å². The van der Waals surface area contributed by atoms with Gasteiger partial charge in [0.2, 0.25) is 17.6 Å². The van der Waals surface area contributed by atoms with E-state index in [9.17, 15) is 4.79 Å². The molecular formula is C20H17N5O2. The van der Waals surface area contributed by atoms with Crippen LogP contribution in [-0.2, 0) is 17.8 Å². The molecule has 134 valence electrons. The third kappa shape index (κ3) is 4.09. The van der Waals surface area contributed by atoms with Crippen molar-refractivity contribution < 1.29 is 9.32 Å². The fourth-order valence-electron chi connectivity index (χ4n) is 2.70. The van der Waals surface area contributed by atoms with E-state index in [2.05, 4.69) is 25.7 Å². The minimum Gasteiger partial charge on any atom is -0.347 e. The lowest BCUT2D eigenvalue weighted by Crippen LogP contribution is -2.24. The van der Waals surface area contributed by atoms with E-state index in [4.69, 9.17) is 4.52 Å². The van der Waals surface area contributed by atoms with E-state index in [1.165, 1.54) is 0 Å². The summed E-state index contributed by atoms with van der Waals surface area (Å²) >= 11 is 0. The molecule has 0 unspecified atom stereocenters. The van der Waals surface area contributed by atoms with Crippen LogP contribution in [-0.4, -0.2) is 26.2 Å². The maximum atomic E-state index is 12.0.